The minimum Gasteiger partial charge on any atom is -0.364 e. The van der Waals surface area contributed by atoms with Crippen molar-refractivity contribution in [3.05, 3.63) is 32.7 Å². The summed E-state index contributed by atoms with van der Waals surface area (Å²) in [5, 5.41) is 0. The summed E-state index contributed by atoms with van der Waals surface area (Å²) in [5.41, 5.74) is 2.23. The van der Waals surface area contributed by atoms with E-state index >= 15 is 0 Å². The van der Waals surface area contributed by atoms with Crippen molar-refractivity contribution in [2.45, 2.75) is 58.3 Å². The topological polar surface area (TPSA) is 48.0 Å². The fourth-order valence-electron chi connectivity index (χ4n) is 4.02. The molecule has 0 unspecified atom stereocenters. The number of quaternary nitrogens is 1. The number of fused-ring (bicyclic) bond motifs is 3. The van der Waals surface area contributed by atoms with Crippen LogP contribution in [0.2, 0.25) is 0 Å². The number of aryl methyl sites for hydroxylation is 2. The molecule has 0 saturated carbocycles. The van der Waals surface area contributed by atoms with Crippen molar-refractivity contribution in [3.8, 4) is 0 Å². The first-order chi connectivity index (χ1) is 11.1. The Balaban J connectivity index is 1.65. The van der Waals surface area contributed by atoms with Gasteiger partial charge < -0.3 is 9.64 Å². The molecule has 5 nitrogen and oxygen atoms in total. The van der Waals surface area contributed by atoms with Crippen molar-refractivity contribution in [2.75, 3.05) is 13.1 Å². The second kappa shape index (κ2) is 6.00. The van der Waals surface area contributed by atoms with Crippen LogP contribution in [0.4, 0.5) is 0 Å². The van der Waals surface area contributed by atoms with E-state index in [4.69, 9.17) is 9.72 Å². The van der Waals surface area contributed by atoms with E-state index < -0.39 is 0 Å². The quantitative estimate of drug-likeness (QED) is 0.885. The van der Waals surface area contributed by atoms with Gasteiger partial charge in [-0.05, 0) is 39.5 Å². The van der Waals surface area contributed by atoms with E-state index in [1.807, 2.05) is 4.40 Å². The van der Waals surface area contributed by atoms with E-state index in [0.29, 0.717) is 0 Å². The van der Waals surface area contributed by atoms with Gasteiger partial charge in [-0.2, -0.15) is 0 Å². The highest BCUT2D eigenvalue weighted by atomic mass is 32.1. The molecule has 2 atom stereocenters. The maximum absolute atomic E-state index is 12.6. The molecule has 23 heavy (non-hydrogen) atoms. The SMILES string of the molecule is C[C@@H]1C[NH+](Cc2cc(=O)n3c4c(sc3n2)CCCC4)C[C@@H](C)O1. The molecule has 1 saturated heterocycles. The second-order valence-electron chi connectivity index (χ2n) is 6.98. The third-order valence-corrected chi connectivity index (χ3v) is 6.01. The van der Waals surface area contributed by atoms with E-state index in [0.717, 1.165) is 43.1 Å². The first-order valence-electron chi connectivity index (χ1n) is 8.62. The highest BCUT2D eigenvalue weighted by molar-refractivity contribution is 7.17. The third-order valence-electron chi connectivity index (χ3n) is 4.86. The van der Waals surface area contributed by atoms with Gasteiger partial charge in [-0.3, -0.25) is 9.20 Å². The lowest BCUT2D eigenvalue weighted by Gasteiger charge is -2.32. The van der Waals surface area contributed by atoms with Crippen molar-refractivity contribution < 1.29 is 9.64 Å². The zero-order valence-corrected chi connectivity index (χ0v) is 14.6. The monoisotopic (exact) mass is 334 g/mol. The normalized spacial score (nSPS) is 28.0. The van der Waals surface area contributed by atoms with Gasteiger partial charge in [0.05, 0.1) is 0 Å². The summed E-state index contributed by atoms with van der Waals surface area (Å²) >= 11 is 1.71. The van der Waals surface area contributed by atoms with Gasteiger partial charge in [-0.15, -0.1) is 11.3 Å². The van der Waals surface area contributed by atoms with Crippen LogP contribution in [-0.2, 0) is 24.1 Å². The average Bonchev–Trinajstić information content (AvgIpc) is 2.84. The predicted octanol–water partition coefficient (Wildman–Crippen LogP) is 0.827. The molecule has 1 N–H and O–H groups in total. The van der Waals surface area contributed by atoms with Crippen LogP contribution in [-0.4, -0.2) is 34.7 Å². The minimum absolute atomic E-state index is 0.0955. The lowest BCUT2D eigenvalue weighted by molar-refractivity contribution is -0.928. The Bertz CT molecular complexity index is 772. The van der Waals surface area contributed by atoms with Crippen LogP contribution in [0.3, 0.4) is 0 Å². The minimum atomic E-state index is 0.0955. The molecular formula is C17H24N3O2S+. The Hall–Kier alpha value is -1.24. The Kier molecular flexibility index (Phi) is 3.99. The Labute approximate surface area is 139 Å². The molecule has 1 aliphatic heterocycles. The molecule has 2 aromatic rings. The lowest BCUT2D eigenvalue weighted by atomic mass is 10.0. The Morgan fingerprint density at radius 2 is 2.04 bits per heavy atom. The molecule has 124 valence electrons. The van der Waals surface area contributed by atoms with E-state index in [1.165, 1.54) is 28.3 Å². The summed E-state index contributed by atoms with van der Waals surface area (Å²) in [4.78, 5) is 21.1. The standard InChI is InChI=1S/C17H23N3O2S/c1-11-8-19(9-12(2)22-11)10-13-7-16(21)20-14-5-3-4-6-15(14)23-17(20)18-13/h7,11-12H,3-6,8-10H2,1-2H3/p+1/t11-,12-/m1/s1. The maximum Gasteiger partial charge on any atom is 0.259 e. The highest BCUT2D eigenvalue weighted by Gasteiger charge is 2.26. The number of morpholine rings is 1. The fraction of sp³-hybridized carbons (Fsp3) is 0.647. The number of ether oxygens (including phenoxy) is 1. The van der Waals surface area contributed by atoms with E-state index in [1.54, 1.807) is 17.4 Å². The van der Waals surface area contributed by atoms with E-state index in [2.05, 4.69) is 13.8 Å². The van der Waals surface area contributed by atoms with Crippen LogP contribution in [0.15, 0.2) is 10.9 Å². The van der Waals surface area contributed by atoms with Crippen molar-refractivity contribution in [3.63, 3.8) is 0 Å². The van der Waals surface area contributed by atoms with Crippen molar-refractivity contribution in [1.29, 1.82) is 0 Å². The predicted molar refractivity (Wildman–Crippen MR) is 90.4 cm³/mol. The number of nitrogens with one attached hydrogen (secondary N) is 1. The molecule has 0 spiro atoms. The molecule has 0 bridgehead atoms. The summed E-state index contributed by atoms with van der Waals surface area (Å²) in [5.74, 6) is 0. The van der Waals surface area contributed by atoms with Crippen LogP contribution in [0.5, 0.6) is 0 Å². The molecule has 1 aliphatic carbocycles. The second-order valence-corrected chi connectivity index (χ2v) is 8.04. The van der Waals surface area contributed by atoms with Gasteiger partial charge in [-0.1, -0.05) is 0 Å². The zero-order valence-electron chi connectivity index (χ0n) is 13.8. The lowest BCUT2D eigenvalue weighted by Crippen LogP contribution is -3.14. The van der Waals surface area contributed by atoms with Crippen LogP contribution < -0.4 is 10.5 Å². The smallest absolute Gasteiger partial charge is 0.259 e. The summed E-state index contributed by atoms with van der Waals surface area (Å²) < 4.78 is 7.65. The first kappa shape index (κ1) is 15.3. The van der Waals surface area contributed by atoms with Crippen molar-refractivity contribution in [1.82, 2.24) is 9.38 Å². The molecule has 6 heteroatoms. The molecule has 4 rings (SSSR count). The maximum atomic E-state index is 12.6. The Morgan fingerprint density at radius 3 is 2.83 bits per heavy atom. The molecule has 0 amide bonds. The highest BCUT2D eigenvalue weighted by Crippen LogP contribution is 2.28. The van der Waals surface area contributed by atoms with Crippen LogP contribution in [0.25, 0.3) is 4.96 Å². The number of nitrogens with zero attached hydrogens (tertiary/aromatic N) is 2. The van der Waals surface area contributed by atoms with Crippen molar-refractivity contribution in [2.24, 2.45) is 0 Å². The zero-order chi connectivity index (χ0) is 16.0. The number of thiazole rings is 1. The number of rotatable bonds is 2. The summed E-state index contributed by atoms with van der Waals surface area (Å²) in [6.07, 6.45) is 5.07. The largest absolute Gasteiger partial charge is 0.364 e. The van der Waals surface area contributed by atoms with Gasteiger partial charge in [0.2, 0.25) is 0 Å². The van der Waals surface area contributed by atoms with E-state index in [-0.39, 0.29) is 17.8 Å². The van der Waals surface area contributed by atoms with Crippen LogP contribution in [0, 0.1) is 0 Å². The van der Waals surface area contributed by atoms with Crippen molar-refractivity contribution >= 4 is 16.3 Å². The summed E-state index contributed by atoms with van der Waals surface area (Å²) in [7, 11) is 0. The number of aromatic nitrogens is 2. The number of hydrogen-bond donors (Lipinski definition) is 1. The van der Waals surface area contributed by atoms with Crippen LogP contribution >= 0.6 is 11.3 Å². The van der Waals surface area contributed by atoms with Gasteiger partial charge in [0.15, 0.2) is 4.96 Å². The summed E-state index contributed by atoms with van der Waals surface area (Å²) in [6.45, 7) is 7.01. The molecule has 0 radical (unpaired) electrons. The van der Waals surface area contributed by atoms with Gasteiger partial charge in [0.1, 0.15) is 37.5 Å². The molecule has 0 aromatic carbocycles. The van der Waals surface area contributed by atoms with E-state index in [9.17, 15) is 4.79 Å². The third kappa shape index (κ3) is 2.95. The summed E-state index contributed by atoms with van der Waals surface area (Å²) in [6, 6.07) is 1.74. The molecule has 2 aliphatic rings. The fourth-order valence-corrected chi connectivity index (χ4v) is 5.25. The molecule has 1 fully saturated rings. The van der Waals surface area contributed by atoms with Gasteiger partial charge >= 0.3 is 0 Å². The Morgan fingerprint density at radius 1 is 1.30 bits per heavy atom. The molecular weight excluding hydrogens is 310 g/mol. The van der Waals surface area contributed by atoms with Crippen LogP contribution in [0.1, 0.15) is 43.0 Å². The molecule has 2 aromatic heterocycles. The van der Waals surface area contributed by atoms with Gasteiger partial charge in [0, 0.05) is 16.6 Å². The van der Waals surface area contributed by atoms with Gasteiger partial charge in [0.25, 0.3) is 5.56 Å². The van der Waals surface area contributed by atoms with Gasteiger partial charge in [-0.25, -0.2) is 4.98 Å². The molecule has 3 heterocycles. The average molecular weight is 334 g/mol. The first-order valence-corrected chi connectivity index (χ1v) is 9.44. The number of hydrogen-bond acceptors (Lipinski definition) is 4.